The second kappa shape index (κ2) is 9.22. The Labute approximate surface area is 174 Å². The van der Waals surface area contributed by atoms with Crippen LogP contribution in [0, 0.1) is 12.8 Å². The van der Waals surface area contributed by atoms with Crippen molar-refractivity contribution in [3.05, 3.63) is 52.2 Å². The van der Waals surface area contributed by atoms with E-state index in [-0.39, 0.29) is 30.9 Å². The minimum atomic E-state index is -0.469. The van der Waals surface area contributed by atoms with Crippen molar-refractivity contribution >= 4 is 34.8 Å². The molecule has 29 heavy (non-hydrogen) atoms. The average Bonchev–Trinajstić information content (AvgIpc) is 3.20. The molecule has 0 radical (unpaired) electrons. The number of rotatable bonds is 6. The molecule has 6 nitrogen and oxygen atoms in total. The van der Waals surface area contributed by atoms with Gasteiger partial charge < -0.3 is 15.0 Å². The van der Waals surface area contributed by atoms with Gasteiger partial charge in [0.25, 0.3) is 0 Å². The van der Waals surface area contributed by atoms with Gasteiger partial charge in [-0.15, -0.1) is 11.3 Å². The third-order valence-corrected chi connectivity index (χ3v) is 5.80. The molecule has 2 amide bonds. The van der Waals surface area contributed by atoms with Gasteiger partial charge in [-0.2, -0.15) is 0 Å². The van der Waals surface area contributed by atoms with Crippen molar-refractivity contribution in [2.45, 2.75) is 45.8 Å². The van der Waals surface area contributed by atoms with E-state index in [9.17, 15) is 14.4 Å². The number of amides is 2. The summed E-state index contributed by atoms with van der Waals surface area (Å²) in [6.45, 7) is 5.34. The summed E-state index contributed by atoms with van der Waals surface area (Å²) in [6, 6.07) is 11.2. The molecule has 1 fully saturated rings. The lowest BCUT2D eigenvalue weighted by Crippen LogP contribution is -2.48. The van der Waals surface area contributed by atoms with Gasteiger partial charge in [-0.1, -0.05) is 23.8 Å². The average molecular weight is 415 g/mol. The summed E-state index contributed by atoms with van der Waals surface area (Å²) in [6.07, 6.45) is 0.488. The van der Waals surface area contributed by atoms with Crippen LogP contribution >= 0.6 is 11.3 Å². The number of carbonyl (C=O) groups excluding carboxylic acids is 3. The van der Waals surface area contributed by atoms with Crippen LogP contribution in [0.5, 0.6) is 0 Å². The molecule has 1 N–H and O–H groups in total. The maximum Gasteiger partial charge on any atom is 0.325 e. The van der Waals surface area contributed by atoms with E-state index in [0.29, 0.717) is 6.42 Å². The van der Waals surface area contributed by atoms with Crippen LogP contribution in [0.15, 0.2) is 41.8 Å². The van der Waals surface area contributed by atoms with Crippen molar-refractivity contribution < 1.29 is 19.1 Å². The first-order valence-corrected chi connectivity index (χ1v) is 10.6. The summed E-state index contributed by atoms with van der Waals surface area (Å²) in [5.41, 5.74) is 1.87. The highest BCUT2D eigenvalue weighted by molar-refractivity contribution is 7.10. The lowest BCUT2D eigenvalue weighted by Gasteiger charge is -2.40. The number of hydrogen-bond acceptors (Lipinski definition) is 5. The zero-order valence-electron chi connectivity index (χ0n) is 16.9. The van der Waals surface area contributed by atoms with Crippen LogP contribution in [-0.2, 0) is 19.1 Å². The predicted molar refractivity (Wildman–Crippen MR) is 113 cm³/mol. The quantitative estimate of drug-likeness (QED) is 0.733. The molecular weight excluding hydrogens is 388 g/mol. The molecule has 2 unspecified atom stereocenters. The Morgan fingerprint density at radius 2 is 1.97 bits per heavy atom. The highest BCUT2D eigenvalue weighted by Crippen LogP contribution is 2.41. The number of nitrogens with zero attached hydrogens (tertiary/aromatic N) is 1. The van der Waals surface area contributed by atoms with Gasteiger partial charge in [0, 0.05) is 17.0 Å². The van der Waals surface area contributed by atoms with E-state index < -0.39 is 17.9 Å². The number of benzene rings is 1. The van der Waals surface area contributed by atoms with Crippen molar-refractivity contribution in [2.24, 2.45) is 5.92 Å². The van der Waals surface area contributed by atoms with Crippen LogP contribution in [0.1, 0.15) is 43.2 Å². The van der Waals surface area contributed by atoms with Crippen LogP contribution in [0.2, 0.25) is 0 Å². The van der Waals surface area contributed by atoms with Crippen LogP contribution < -0.4 is 10.2 Å². The Kier molecular flexibility index (Phi) is 6.69. The van der Waals surface area contributed by atoms with Crippen molar-refractivity contribution in [1.82, 2.24) is 5.32 Å². The molecule has 0 aliphatic carbocycles. The SMILES string of the molecule is Cc1ccc(N2C(=O)CCC(C(=O)NCC(=O)OC(C)C)C2c2cccs2)cc1. The van der Waals surface area contributed by atoms with E-state index in [1.54, 1.807) is 18.7 Å². The van der Waals surface area contributed by atoms with E-state index in [2.05, 4.69) is 5.32 Å². The minimum absolute atomic E-state index is 0.00415. The summed E-state index contributed by atoms with van der Waals surface area (Å²) in [5.74, 6) is -1.16. The van der Waals surface area contributed by atoms with Gasteiger partial charge in [-0.25, -0.2) is 0 Å². The molecule has 1 aromatic heterocycles. The maximum absolute atomic E-state index is 13.0. The first-order chi connectivity index (χ1) is 13.9. The molecule has 1 aromatic carbocycles. The third kappa shape index (κ3) is 5.03. The Bertz CT molecular complexity index is 861. The number of thiophene rings is 1. The van der Waals surface area contributed by atoms with Crippen LogP contribution in [0.3, 0.4) is 0 Å². The van der Waals surface area contributed by atoms with Gasteiger partial charge in [-0.05, 0) is 50.8 Å². The Morgan fingerprint density at radius 1 is 1.24 bits per heavy atom. The molecule has 2 aromatic rings. The van der Waals surface area contributed by atoms with Gasteiger partial charge in [0.2, 0.25) is 11.8 Å². The topological polar surface area (TPSA) is 75.7 Å². The fourth-order valence-corrected chi connectivity index (χ4v) is 4.44. The van der Waals surface area contributed by atoms with E-state index in [4.69, 9.17) is 4.74 Å². The fraction of sp³-hybridized carbons (Fsp3) is 0.409. The molecule has 154 valence electrons. The van der Waals surface area contributed by atoms with Crippen LogP contribution in [0.4, 0.5) is 5.69 Å². The monoisotopic (exact) mass is 414 g/mol. The lowest BCUT2D eigenvalue weighted by molar-refractivity contribution is -0.148. The number of aryl methyl sites for hydroxylation is 1. The minimum Gasteiger partial charge on any atom is -0.462 e. The van der Waals surface area contributed by atoms with E-state index >= 15 is 0 Å². The molecule has 1 saturated heterocycles. The normalized spacial score (nSPS) is 19.3. The van der Waals surface area contributed by atoms with Gasteiger partial charge in [0.05, 0.1) is 18.1 Å². The first-order valence-electron chi connectivity index (χ1n) is 9.76. The van der Waals surface area contributed by atoms with Gasteiger partial charge >= 0.3 is 5.97 Å². The molecule has 7 heteroatoms. The van der Waals surface area contributed by atoms with E-state index in [0.717, 1.165) is 16.1 Å². The van der Waals surface area contributed by atoms with Gasteiger partial charge in [0.1, 0.15) is 6.54 Å². The van der Waals surface area contributed by atoms with Gasteiger partial charge in [0.15, 0.2) is 0 Å². The standard InChI is InChI=1S/C22H26N2O4S/c1-14(2)28-20(26)13-23-22(27)17-10-11-19(25)24(16-8-6-15(3)7-9-16)21(17)18-5-4-12-29-18/h4-9,12,14,17,21H,10-11,13H2,1-3H3,(H,23,27). The van der Waals surface area contributed by atoms with E-state index in [1.165, 1.54) is 11.3 Å². The molecule has 0 saturated carbocycles. The largest absolute Gasteiger partial charge is 0.462 e. The zero-order valence-corrected chi connectivity index (χ0v) is 17.7. The van der Waals surface area contributed by atoms with Crippen molar-refractivity contribution in [1.29, 1.82) is 0 Å². The molecule has 1 aliphatic heterocycles. The highest BCUT2D eigenvalue weighted by Gasteiger charge is 2.42. The summed E-state index contributed by atoms with van der Waals surface area (Å²) in [5, 5.41) is 4.64. The second-order valence-corrected chi connectivity index (χ2v) is 8.44. The second-order valence-electron chi connectivity index (χ2n) is 7.46. The fourth-order valence-electron chi connectivity index (χ4n) is 3.56. The van der Waals surface area contributed by atoms with Crippen molar-refractivity contribution in [3.63, 3.8) is 0 Å². The molecular formula is C22H26N2O4S. The lowest BCUT2D eigenvalue weighted by atomic mass is 9.86. The number of anilines is 1. The number of nitrogens with one attached hydrogen (secondary N) is 1. The Morgan fingerprint density at radius 3 is 2.59 bits per heavy atom. The number of piperidine rings is 1. The number of hydrogen-bond donors (Lipinski definition) is 1. The number of carbonyl (C=O) groups is 3. The van der Waals surface area contributed by atoms with Crippen molar-refractivity contribution in [2.75, 3.05) is 11.4 Å². The summed E-state index contributed by atoms with van der Waals surface area (Å²) in [4.78, 5) is 40.3. The predicted octanol–water partition coefficient (Wildman–Crippen LogP) is 3.61. The zero-order chi connectivity index (χ0) is 21.0. The molecule has 3 rings (SSSR count). The molecule has 0 spiro atoms. The van der Waals surface area contributed by atoms with Gasteiger partial charge in [-0.3, -0.25) is 14.4 Å². The van der Waals surface area contributed by atoms with Crippen LogP contribution in [-0.4, -0.2) is 30.4 Å². The molecule has 2 heterocycles. The summed E-state index contributed by atoms with van der Waals surface area (Å²) < 4.78 is 5.09. The third-order valence-electron chi connectivity index (χ3n) is 4.85. The molecule has 2 atom stereocenters. The highest BCUT2D eigenvalue weighted by atomic mass is 32.1. The van der Waals surface area contributed by atoms with Crippen LogP contribution in [0.25, 0.3) is 0 Å². The number of esters is 1. The number of ether oxygens (including phenoxy) is 1. The Hall–Kier alpha value is -2.67. The Balaban J connectivity index is 1.86. The maximum atomic E-state index is 13.0. The molecule has 1 aliphatic rings. The van der Waals surface area contributed by atoms with E-state index in [1.807, 2.05) is 48.7 Å². The first kappa shape index (κ1) is 21.0. The summed E-state index contributed by atoms with van der Waals surface area (Å²) in [7, 11) is 0. The van der Waals surface area contributed by atoms with Crippen molar-refractivity contribution in [3.8, 4) is 0 Å². The molecule has 0 bridgehead atoms. The summed E-state index contributed by atoms with van der Waals surface area (Å²) >= 11 is 1.52. The smallest absolute Gasteiger partial charge is 0.325 e.